The monoisotopic (exact) mass is 388 g/mol. The van der Waals surface area contributed by atoms with Crippen molar-refractivity contribution in [3.63, 3.8) is 0 Å². The molecule has 0 saturated carbocycles. The van der Waals surface area contributed by atoms with E-state index in [1.807, 2.05) is 0 Å². The van der Waals surface area contributed by atoms with Crippen LogP contribution in [-0.2, 0) is 16.4 Å². The van der Waals surface area contributed by atoms with E-state index >= 15 is 0 Å². The molecule has 0 amide bonds. The zero-order valence-corrected chi connectivity index (χ0v) is 14.9. The number of halogens is 1. The van der Waals surface area contributed by atoms with E-state index in [0.29, 0.717) is 30.4 Å². The molecule has 2 aromatic carbocycles. The van der Waals surface area contributed by atoms with Crippen molar-refractivity contribution in [2.75, 3.05) is 17.2 Å². The number of aromatic nitrogens is 3. The molecule has 10 heteroatoms. The fraction of sp³-hybridized carbons (Fsp3) is 0.118. The Morgan fingerprint density at radius 1 is 1.04 bits per heavy atom. The zero-order chi connectivity index (χ0) is 19.3. The van der Waals surface area contributed by atoms with Gasteiger partial charge in [-0.2, -0.15) is 10.1 Å². The summed E-state index contributed by atoms with van der Waals surface area (Å²) in [7, 11) is -3.69. The van der Waals surface area contributed by atoms with Gasteiger partial charge in [0, 0.05) is 12.2 Å². The molecular weight excluding hydrogens is 371 g/mol. The Bertz CT molecular complexity index is 1010. The highest BCUT2D eigenvalue weighted by Gasteiger charge is 2.07. The molecule has 3 rings (SSSR count). The Morgan fingerprint density at radius 3 is 2.41 bits per heavy atom. The third-order valence-corrected chi connectivity index (χ3v) is 4.55. The lowest BCUT2D eigenvalue weighted by molar-refractivity contribution is 0.597. The van der Waals surface area contributed by atoms with Gasteiger partial charge in [0.1, 0.15) is 5.82 Å². The number of benzene rings is 2. The predicted octanol–water partition coefficient (Wildman–Crippen LogP) is 2.06. The molecule has 0 bridgehead atoms. The van der Waals surface area contributed by atoms with Crippen molar-refractivity contribution in [2.24, 2.45) is 5.14 Å². The molecule has 0 saturated heterocycles. The van der Waals surface area contributed by atoms with E-state index in [2.05, 4.69) is 25.8 Å². The number of nitrogens with one attached hydrogen (secondary N) is 2. The first-order valence-electron chi connectivity index (χ1n) is 7.98. The number of hydrogen-bond donors (Lipinski definition) is 3. The van der Waals surface area contributed by atoms with Gasteiger partial charge in [-0.1, -0.05) is 12.1 Å². The van der Waals surface area contributed by atoms with Crippen molar-refractivity contribution in [3.8, 4) is 0 Å². The van der Waals surface area contributed by atoms with Gasteiger partial charge in [0.25, 0.3) is 0 Å². The average molecular weight is 388 g/mol. The molecule has 0 unspecified atom stereocenters. The molecule has 0 atom stereocenters. The third kappa shape index (κ3) is 5.43. The van der Waals surface area contributed by atoms with Gasteiger partial charge in [0.2, 0.25) is 16.0 Å². The van der Waals surface area contributed by atoms with E-state index in [1.165, 1.54) is 30.5 Å². The second-order valence-electron chi connectivity index (χ2n) is 5.66. The van der Waals surface area contributed by atoms with Gasteiger partial charge in [-0.15, -0.1) is 5.10 Å². The molecule has 0 aliphatic heterocycles. The number of nitrogens with two attached hydrogens (primary N) is 1. The molecular formula is C17H17FN6O2S. The number of hydrogen-bond acceptors (Lipinski definition) is 7. The summed E-state index contributed by atoms with van der Waals surface area (Å²) in [5.74, 6) is 0.487. The smallest absolute Gasteiger partial charge is 0.244 e. The molecule has 3 aromatic rings. The quantitative estimate of drug-likeness (QED) is 0.566. The summed E-state index contributed by atoms with van der Waals surface area (Å²) in [6.45, 7) is 0.524. The van der Waals surface area contributed by atoms with Crippen molar-refractivity contribution < 1.29 is 12.8 Å². The maximum Gasteiger partial charge on any atom is 0.244 e. The molecule has 1 aromatic heterocycles. The Morgan fingerprint density at radius 2 is 1.74 bits per heavy atom. The molecule has 0 fully saturated rings. The molecule has 8 nitrogen and oxygen atoms in total. The van der Waals surface area contributed by atoms with Crippen molar-refractivity contribution in [3.05, 3.63) is 66.1 Å². The second-order valence-corrected chi connectivity index (χ2v) is 7.22. The Hall–Kier alpha value is -3.11. The Balaban J connectivity index is 1.56. The molecule has 140 valence electrons. The van der Waals surface area contributed by atoms with Gasteiger partial charge in [-0.3, -0.25) is 0 Å². The maximum atomic E-state index is 12.9. The first kappa shape index (κ1) is 18.7. The number of sulfonamides is 1. The van der Waals surface area contributed by atoms with Crippen LogP contribution in [0.1, 0.15) is 5.56 Å². The van der Waals surface area contributed by atoms with Crippen LogP contribution < -0.4 is 15.8 Å². The number of anilines is 3. The van der Waals surface area contributed by atoms with E-state index in [9.17, 15) is 12.8 Å². The van der Waals surface area contributed by atoms with Crippen LogP contribution in [0.2, 0.25) is 0 Å². The fourth-order valence-corrected chi connectivity index (χ4v) is 2.80. The van der Waals surface area contributed by atoms with Gasteiger partial charge < -0.3 is 10.6 Å². The van der Waals surface area contributed by atoms with Crippen LogP contribution in [0.15, 0.2) is 59.6 Å². The average Bonchev–Trinajstić information content (AvgIpc) is 2.64. The minimum absolute atomic E-state index is 0.0753. The van der Waals surface area contributed by atoms with Crippen molar-refractivity contribution in [1.29, 1.82) is 0 Å². The normalized spacial score (nSPS) is 11.2. The second kappa shape index (κ2) is 8.06. The number of nitrogens with zero attached hydrogens (tertiary/aromatic N) is 3. The minimum atomic E-state index is -3.69. The topological polar surface area (TPSA) is 123 Å². The van der Waals surface area contributed by atoms with E-state index in [0.717, 1.165) is 5.56 Å². The minimum Gasteiger partial charge on any atom is -0.353 e. The van der Waals surface area contributed by atoms with Crippen LogP contribution >= 0.6 is 0 Å². The Labute approximate surface area is 155 Å². The van der Waals surface area contributed by atoms with E-state index in [4.69, 9.17) is 5.14 Å². The summed E-state index contributed by atoms with van der Waals surface area (Å²) in [6, 6.07) is 12.2. The van der Waals surface area contributed by atoms with E-state index in [-0.39, 0.29) is 10.7 Å². The van der Waals surface area contributed by atoms with E-state index < -0.39 is 10.0 Å². The fourth-order valence-electron chi connectivity index (χ4n) is 2.28. The van der Waals surface area contributed by atoms with Crippen molar-refractivity contribution in [1.82, 2.24) is 15.2 Å². The lowest BCUT2D eigenvalue weighted by atomic mass is 10.1. The van der Waals surface area contributed by atoms with Gasteiger partial charge in [-0.05, 0) is 48.4 Å². The SMILES string of the molecule is NS(=O)(=O)c1ccc(CCNc2nncc(Nc3ccc(F)cc3)n2)cc1. The molecule has 0 aliphatic rings. The molecule has 1 heterocycles. The van der Waals surface area contributed by atoms with Gasteiger partial charge in [0.05, 0.1) is 11.1 Å². The molecule has 27 heavy (non-hydrogen) atoms. The predicted molar refractivity (Wildman–Crippen MR) is 99.5 cm³/mol. The van der Waals surface area contributed by atoms with Gasteiger partial charge in [-0.25, -0.2) is 17.9 Å². The van der Waals surface area contributed by atoms with Crippen LogP contribution in [0, 0.1) is 5.82 Å². The molecule has 0 aliphatic carbocycles. The first-order chi connectivity index (χ1) is 12.9. The summed E-state index contributed by atoms with van der Waals surface area (Å²) >= 11 is 0. The van der Waals surface area contributed by atoms with Crippen LogP contribution in [-0.4, -0.2) is 30.1 Å². The summed E-state index contributed by atoms with van der Waals surface area (Å²) < 4.78 is 35.4. The third-order valence-electron chi connectivity index (χ3n) is 3.62. The lowest BCUT2D eigenvalue weighted by Gasteiger charge is -2.08. The van der Waals surface area contributed by atoms with Crippen LogP contribution in [0.3, 0.4) is 0 Å². The summed E-state index contributed by atoms with van der Waals surface area (Å²) in [4.78, 5) is 4.36. The largest absolute Gasteiger partial charge is 0.353 e. The number of primary sulfonamides is 1. The van der Waals surface area contributed by atoms with Gasteiger partial charge >= 0.3 is 0 Å². The van der Waals surface area contributed by atoms with Crippen LogP contribution in [0.25, 0.3) is 0 Å². The van der Waals surface area contributed by atoms with Crippen LogP contribution in [0.5, 0.6) is 0 Å². The first-order valence-corrected chi connectivity index (χ1v) is 9.53. The highest BCUT2D eigenvalue weighted by atomic mass is 32.2. The van der Waals surface area contributed by atoms with E-state index in [1.54, 1.807) is 24.3 Å². The summed E-state index contributed by atoms with van der Waals surface area (Å²) in [5, 5.41) is 18.9. The molecule has 0 radical (unpaired) electrons. The molecule has 0 spiro atoms. The standard InChI is InChI=1S/C17H17FN6O2S/c18-13-3-5-14(6-4-13)22-16-11-21-24-17(23-16)20-10-9-12-1-7-15(8-2-12)27(19,25)26/h1-8,11H,9-10H2,(H2,19,25,26)(H2,20,22,23,24). The maximum absolute atomic E-state index is 12.9. The zero-order valence-electron chi connectivity index (χ0n) is 14.1. The van der Waals surface area contributed by atoms with Crippen molar-refractivity contribution >= 4 is 27.5 Å². The van der Waals surface area contributed by atoms with Crippen molar-refractivity contribution in [2.45, 2.75) is 11.3 Å². The molecule has 4 N–H and O–H groups in total. The summed E-state index contributed by atoms with van der Waals surface area (Å²) in [6.07, 6.45) is 2.09. The lowest BCUT2D eigenvalue weighted by Crippen LogP contribution is -2.12. The number of rotatable bonds is 7. The Kier molecular flexibility index (Phi) is 5.57. The van der Waals surface area contributed by atoms with Crippen LogP contribution in [0.4, 0.5) is 21.8 Å². The highest BCUT2D eigenvalue weighted by molar-refractivity contribution is 7.89. The van der Waals surface area contributed by atoms with Gasteiger partial charge in [0.15, 0.2) is 5.82 Å². The highest BCUT2D eigenvalue weighted by Crippen LogP contribution is 2.15. The summed E-state index contributed by atoms with van der Waals surface area (Å²) in [5.41, 5.74) is 1.61.